The zero-order chi connectivity index (χ0) is 14.5. The number of allylic oxidation sites excluding steroid dienone is 1. The van der Waals surface area contributed by atoms with Crippen LogP contribution >= 0.6 is 11.6 Å². The van der Waals surface area contributed by atoms with Gasteiger partial charge in [-0.05, 0) is 48.5 Å². The van der Waals surface area contributed by atoms with Crippen molar-refractivity contribution in [3.05, 3.63) is 81.5 Å². The molecule has 0 saturated carbocycles. The zero-order valence-electron chi connectivity index (χ0n) is 10.6. The summed E-state index contributed by atoms with van der Waals surface area (Å²) in [5, 5.41) is 11.2. The molecule has 0 aliphatic rings. The lowest BCUT2D eigenvalue weighted by Gasteiger charge is -2.06. The molecule has 2 rings (SSSR count). The average Bonchev–Trinajstić information content (AvgIpc) is 2.43. The van der Waals surface area contributed by atoms with E-state index in [-0.39, 0.29) is 12.1 Å². The second-order valence-electron chi connectivity index (χ2n) is 4.20. The Labute approximate surface area is 121 Å². The van der Waals surface area contributed by atoms with Crippen molar-refractivity contribution in [2.24, 2.45) is 0 Å². The van der Waals surface area contributed by atoms with E-state index in [2.05, 4.69) is 6.58 Å². The standard InChI is InChI=1S/C15H12ClNO3/c1-11(17(18)19)10-12-2-6-14(7-3-12)20-15-8-4-13(16)5-9-15/h2-9H,1,10H2. The quantitative estimate of drug-likeness (QED) is 0.603. The third-order valence-corrected chi connectivity index (χ3v) is 2.89. The lowest BCUT2D eigenvalue weighted by Crippen LogP contribution is -2.00. The molecule has 0 amide bonds. The van der Waals surface area contributed by atoms with Crippen LogP contribution in [-0.2, 0) is 6.42 Å². The first-order valence-electron chi connectivity index (χ1n) is 5.89. The molecule has 5 heteroatoms. The van der Waals surface area contributed by atoms with Crippen molar-refractivity contribution in [2.75, 3.05) is 0 Å². The Morgan fingerprint density at radius 2 is 1.60 bits per heavy atom. The first-order valence-corrected chi connectivity index (χ1v) is 6.27. The van der Waals surface area contributed by atoms with Gasteiger partial charge in [0.05, 0.1) is 11.3 Å². The van der Waals surface area contributed by atoms with E-state index in [1.807, 2.05) is 0 Å². The number of nitrogens with zero attached hydrogens (tertiary/aromatic N) is 1. The van der Waals surface area contributed by atoms with Crippen LogP contribution in [-0.4, -0.2) is 4.92 Å². The van der Waals surface area contributed by atoms with E-state index in [0.717, 1.165) is 5.56 Å². The number of ether oxygens (including phenoxy) is 1. The Bertz CT molecular complexity index is 621. The van der Waals surface area contributed by atoms with Crippen LogP contribution in [0.3, 0.4) is 0 Å². The summed E-state index contributed by atoms with van der Waals surface area (Å²) >= 11 is 5.79. The maximum absolute atomic E-state index is 10.5. The molecule has 0 spiro atoms. The Hall–Kier alpha value is -2.33. The summed E-state index contributed by atoms with van der Waals surface area (Å²) < 4.78 is 5.63. The van der Waals surface area contributed by atoms with E-state index in [1.165, 1.54) is 0 Å². The topological polar surface area (TPSA) is 52.4 Å². The first kappa shape index (κ1) is 14.1. The second-order valence-corrected chi connectivity index (χ2v) is 4.64. The maximum Gasteiger partial charge on any atom is 0.243 e. The van der Waals surface area contributed by atoms with Crippen LogP contribution in [0.2, 0.25) is 5.02 Å². The van der Waals surface area contributed by atoms with Gasteiger partial charge in [-0.25, -0.2) is 0 Å². The molecule has 0 atom stereocenters. The molecule has 0 heterocycles. The first-order chi connectivity index (χ1) is 9.54. The minimum absolute atomic E-state index is 0.0311. The fourth-order valence-electron chi connectivity index (χ4n) is 1.61. The lowest BCUT2D eigenvalue weighted by atomic mass is 10.1. The SMILES string of the molecule is C=C(Cc1ccc(Oc2ccc(Cl)cc2)cc1)[N+](=O)[O-]. The van der Waals surface area contributed by atoms with Crippen molar-refractivity contribution in [1.29, 1.82) is 0 Å². The summed E-state index contributed by atoms with van der Waals surface area (Å²) in [6.07, 6.45) is 0.216. The van der Waals surface area contributed by atoms with Crippen molar-refractivity contribution in [1.82, 2.24) is 0 Å². The fourth-order valence-corrected chi connectivity index (χ4v) is 1.74. The highest BCUT2D eigenvalue weighted by molar-refractivity contribution is 6.30. The molecule has 0 fully saturated rings. The van der Waals surface area contributed by atoms with E-state index in [1.54, 1.807) is 48.5 Å². The molecule has 0 radical (unpaired) electrons. The van der Waals surface area contributed by atoms with Gasteiger partial charge in [-0.3, -0.25) is 10.1 Å². The summed E-state index contributed by atoms with van der Waals surface area (Å²) in [6, 6.07) is 14.1. The largest absolute Gasteiger partial charge is 0.457 e. The van der Waals surface area contributed by atoms with E-state index >= 15 is 0 Å². The number of rotatable bonds is 5. The van der Waals surface area contributed by atoms with Crippen molar-refractivity contribution >= 4 is 11.6 Å². The van der Waals surface area contributed by atoms with E-state index in [0.29, 0.717) is 16.5 Å². The normalized spacial score (nSPS) is 10.1. The van der Waals surface area contributed by atoms with Crippen molar-refractivity contribution in [3.8, 4) is 11.5 Å². The Morgan fingerprint density at radius 3 is 2.10 bits per heavy atom. The molecule has 102 valence electrons. The van der Waals surface area contributed by atoms with E-state index in [9.17, 15) is 10.1 Å². The minimum atomic E-state index is -0.474. The van der Waals surface area contributed by atoms with Crippen LogP contribution in [0.15, 0.2) is 60.8 Å². The summed E-state index contributed by atoms with van der Waals surface area (Å²) in [4.78, 5) is 10.0. The van der Waals surface area contributed by atoms with Crippen LogP contribution in [0, 0.1) is 10.1 Å². The molecule has 0 N–H and O–H groups in total. The van der Waals surface area contributed by atoms with Gasteiger partial charge in [-0.2, -0.15) is 0 Å². The molecule has 0 aliphatic heterocycles. The Kier molecular flexibility index (Phi) is 4.38. The van der Waals surface area contributed by atoms with Crippen molar-refractivity contribution < 1.29 is 9.66 Å². The number of hydrogen-bond donors (Lipinski definition) is 0. The molecule has 0 aliphatic carbocycles. The van der Waals surface area contributed by atoms with Crippen LogP contribution in [0.1, 0.15) is 5.56 Å². The van der Waals surface area contributed by atoms with Gasteiger partial charge in [-0.15, -0.1) is 0 Å². The average molecular weight is 290 g/mol. The predicted molar refractivity (Wildman–Crippen MR) is 77.8 cm³/mol. The second kappa shape index (κ2) is 6.21. The highest BCUT2D eigenvalue weighted by Crippen LogP contribution is 2.23. The van der Waals surface area contributed by atoms with Crippen LogP contribution in [0.4, 0.5) is 0 Å². The maximum atomic E-state index is 10.5. The van der Waals surface area contributed by atoms with Crippen molar-refractivity contribution in [3.63, 3.8) is 0 Å². The van der Waals surface area contributed by atoms with Gasteiger partial charge in [0.2, 0.25) is 5.70 Å². The molecule has 0 saturated heterocycles. The lowest BCUT2D eigenvalue weighted by molar-refractivity contribution is -0.426. The van der Waals surface area contributed by atoms with E-state index < -0.39 is 4.92 Å². The number of hydrogen-bond acceptors (Lipinski definition) is 3. The molecular weight excluding hydrogens is 278 g/mol. The molecule has 2 aromatic rings. The molecular formula is C15H12ClNO3. The predicted octanol–water partition coefficient (Wildman–Crippen LogP) is 4.47. The molecule has 20 heavy (non-hydrogen) atoms. The Balaban J connectivity index is 2.03. The van der Waals surface area contributed by atoms with E-state index in [4.69, 9.17) is 16.3 Å². The van der Waals surface area contributed by atoms with Crippen LogP contribution in [0.5, 0.6) is 11.5 Å². The van der Waals surface area contributed by atoms with Gasteiger partial charge in [-0.1, -0.05) is 23.7 Å². The van der Waals surface area contributed by atoms with Gasteiger partial charge >= 0.3 is 0 Å². The fraction of sp³-hybridized carbons (Fsp3) is 0.0667. The van der Waals surface area contributed by atoms with Crippen LogP contribution in [0.25, 0.3) is 0 Å². The molecule has 0 aromatic heterocycles. The monoisotopic (exact) mass is 289 g/mol. The number of nitro groups is 1. The van der Waals surface area contributed by atoms with Crippen molar-refractivity contribution in [2.45, 2.75) is 6.42 Å². The van der Waals surface area contributed by atoms with Gasteiger partial charge in [0.1, 0.15) is 11.5 Å². The molecule has 4 nitrogen and oxygen atoms in total. The molecule has 0 unspecified atom stereocenters. The minimum Gasteiger partial charge on any atom is -0.457 e. The van der Waals surface area contributed by atoms with Gasteiger partial charge < -0.3 is 4.74 Å². The third-order valence-electron chi connectivity index (χ3n) is 2.64. The number of halogens is 1. The molecule has 0 bridgehead atoms. The summed E-state index contributed by atoms with van der Waals surface area (Å²) in [5.74, 6) is 1.33. The summed E-state index contributed by atoms with van der Waals surface area (Å²) in [6.45, 7) is 3.41. The zero-order valence-corrected chi connectivity index (χ0v) is 11.3. The summed E-state index contributed by atoms with van der Waals surface area (Å²) in [5.41, 5.74) is 0.784. The van der Waals surface area contributed by atoms with Gasteiger partial charge in [0.15, 0.2) is 0 Å². The third kappa shape index (κ3) is 3.83. The highest BCUT2D eigenvalue weighted by Gasteiger charge is 2.08. The summed E-state index contributed by atoms with van der Waals surface area (Å²) in [7, 11) is 0. The Morgan fingerprint density at radius 1 is 1.10 bits per heavy atom. The smallest absolute Gasteiger partial charge is 0.243 e. The molecule has 2 aromatic carbocycles. The number of benzene rings is 2. The van der Waals surface area contributed by atoms with Crippen LogP contribution < -0.4 is 4.74 Å². The highest BCUT2D eigenvalue weighted by atomic mass is 35.5. The van der Waals surface area contributed by atoms with Gasteiger partial charge in [0, 0.05) is 5.02 Å². The van der Waals surface area contributed by atoms with Gasteiger partial charge in [0.25, 0.3) is 0 Å².